The molecule has 0 aliphatic heterocycles. The van der Waals surface area contributed by atoms with Crippen LogP contribution in [0.4, 0.5) is 0 Å². The number of hydrogen-bond donors (Lipinski definition) is 2. The molecule has 0 radical (unpaired) electrons. The zero-order valence-electron chi connectivity index (χ0n) is 11.5. The number of aliphatic hydroxyl groups is 1. The molecule has 0 amide bonds. The Bertz CT molecular complexity index is 465. The molecule has 1 aliphatic carbocycles. The minimum atomic E-state index is -1.13. The third-order valence-electron chi connectivity index (χ3n) is 4.19. The Morgan fingerprint density at radius 1 is 1.15 bits per heavy atom. The standard InChI is InChI=1S/C16H21BrO3/c17-13-8-6-7-12(11-13)14(15(18)19)16(20)9-4-2-1-3-5-10-16/h6-8,11,14,20H,1-5,9-10H2,(H,18,19). The predicted molar refractivity (Wildman–Crippen MR) is 81.8 cm³/mol. The van der Waals surface area contributed by atoms with Gasteiger partial charge in [-0.2, -0.15) is 0 Å². The van der Waals surface area contributed by atoms with E-state index < -0.39 is 17.5 Å². The number of hydrogen-bond acceptors (Lipinski definition) is 2. The zero-order chi connectivity index (χ0) is 14.6. The van der Waals surface area contributed by atoms with Crippen LogP contribution in [0.2, 0.25) is 0 Å². The van der Waals surface area contributed by atoms with Gasteiger partial charge in [0.1, 0.15) is 5.92 Å². The monoisotopic (exact) mass is 340 g/mol. The van der Waals surface area contributed by atoms with Crippen molar-refractivity contribution >= 4 is 21.9 Å². The highest BCUT2D eigenvalue weighted by Gasteiger charge is 2.42. The molecule has 1 aromatic rings. The van der Waals surface area contributed by atoms with E-state index in [2.05, 4.69) is 15.9 Å². The quantitative estimate of drug-likeness (QED) is 0.870. The lowest BCUT2D eigenvalue weighted by Gasteiger charge is -2.35. The van der Waals surface area contributed by atoms with Gasteiger partial charge in [0, 0.05) is 4.47 Å². The maximum atomic E-state index is 11.7. The van der Waals surface area contributed by atoms with E-state index in [0.717, 1.165) is 30.2 Å². The van der Waals surface area contributed by atoms with Crippen molar-refractivity contribution in [1.29, 1.82) is 0 Å². The predicted octanol–water partition coefficient (Wildman–Crippen LogP) is 4.09. The van der Waals surface area contributed by atoms with E-state index in [-0.39, 0.29) is 0 Å². The summed E-state index contributed by atoms with van der Waals surface area (Å²) in [6.45, 7) is 0. The number of benzene rings is 1. The third kappa shape index (κ3) is 3.61. The normalized spacial score (nSPS) is 20.7. The second-order valence-corrected chi connectivity index (χ2v) is 6.61. The van der Waals surface area contributed by atoms with Crippen molar-refractivity contribution in [2.24, 2.45) is 0 Å². The molecule has 1 saturated carbocycles. The highest BCUT2D eigenvalue weighted by Crippen LogP contribution is 2.39. The van der Waals surface area contributed by atoms with Crippen LogP contribution in [0.15, 0.2) is 28.7 Å². The summed E-state index contributed by atoms with van der Waals surface area (Å²) in [6.07, 6.45) is 6.26. The first-order valence-electron chi connectivity index (χ1n) is 7.23. The Hall–Kier alpha value is -0.870. The van der Waals surface area contributed by atoms with Crippen molar-refractivity contribution < 1.29 is 15.0 Å². The molecule has 0 saturated heterocycles. The average molecular weight is 341 g/mol. The Morgan fingerprint density at radius 3 is 2.30 bits per heavy atom. The number of carboxylic acids is 1. The van der Waals surface area contributed by atoms with Crippen LogP contribution in [0.25, 0.3) is 0 Å². The summed E-state index contributed by atoms with van der Waals surface area (Å²) in [6, 6.07) is 7.28. The first-order chi connectivity index (χ1) is 9.53. The summed E-state index contributed by atoms with van der Waals surface area (Å²) >= 11 is 3.37. The van der Waals surface area contributed by atoms with Crippen LogP contribution in [-0.2, 0) is 4.79 Å². The lowest BCUT2D eigenvalue weighted by atomic mass is 9.74. The van der Waals surface area contributed by atoms with Crippen LogP contribution in [0.5, 0.6) is 0 Å². The van der Waals surface area contributed by atoms with Crippen LogP contribution >= 0.6 is 15.9 Å². The van der Waals surface area contributed by atoms with Gasteiger partial charge in [-0.25, -0.2) is 0 Å². The van der Waals surface area contributed by atoms with Crippen LogP contribution < -0.4 is 0 Å². The summed E-state index contributed by atoms with van der Waals surface area (Å²) in [4.78, 5) is 11.7. The Morgan fingerprint density at radius 2 is 1.75 bits per heavy atom. The van der Waals surface area contributed by atoms with Gasteiger partial charge in [0.05, 0.1) is 5.60 Å². The molecule has 1 atom stereocenters. The summed E-state index contributed by atoms with van der Waals surface area (Å²) in [5.74, 6) is -1.79. The van der Waals surface area contributed by atoms with Gasteiger partial charge in [0.2, 0.25) is 0 Å². The molecule has 0 aromatic heterocycles. The molecule has 1 aliphatic rings. The van der Waals surface area contributed by atoms with Gasteiger partial charge in [-0.15, -0.1) is 0 Å². The number of halogens is 1. The fraction of sp³-hybridized carbons (Fsp3) is 0.562. The van der Waals surface area contributed by atoms with E-state index in [1.807, 2.05) is 12.1 Å². The molecule has 0 bridgehead atoms. The van der Waals surface area contributed by atoms with E-state index in [9.17, 15) is 15.0 Å². The number of carboxylic acid groups (broad SMARTS) is 1. The Balaban J connectivity index is 2.33. The second kappa shape index (κ2) is 6.72. The fourth-order valence-electron chi connectivity index (χ4n) is 3.18. The van der Waals surface area contributed by atoms with Crippen molar-refractivity contribution in [3.63, 3.8) is 0 Å². The van der Waals surface area contributed by atoms with E-state index in [0.29, 0.717) is 18.4 Å². The molecular weight excluding hydrogens is 320 g/mol. The molecule has 0 heterocycles. The molecule has 1 unspecified atom stereocenters. The van der Waals surface area contributed by atoms with Gasteiger partial charge in [-0.3, -0.25) is 4.79 Å². The van der Waals surface area contributed by atoms with Crippen molar-refractivity contribution in [2.75, 3.05) is 0 Å². The lowest BCUT2D eigenvalue weighted by molar-refractivity contribution is -0.147. The molecule has 1 fully saturated rings. The maximum Gasteiger partial charge on any atom is 0.313 e. The molecule has 20 heavy (non-hydrogen) atoms. The van der Waals surface area contributed by atoms with E-state index in [4.69, 9.17) is 0 Å². The van der Waals surface area contributed by atoms with E-state index in [1.54, 1.807) is 12.1 Å². The number of aliphatic carboxylic acids is 1. The summed E-state index contributed by atoms with van der Waals surface area (Å²) in [7, 11) is 0. The van der Waals surface area contributed by atoms with E-state index in [1.165, 1.54) is 6.42 Å². The van der Waals surface area contributed by atoms with Gasteiger partial charge >= 0.3 is 5.97 Å². The molecular formula is C16H21BrO3. The number of carbonyl (C=O) groups is 1. The lowest BCUT2D eigenvalue weighted by Crippen LogP contribution is -2.41. The van der Waals surface area contributed by atoms with Crippen LogP contribution in [-0.4, -0.2) is 21.8 Å². The summed E-state index contributed by atoms with van der Waals surface area (Å²) < 4.78 is 0.843. The maximum absolute atomic E-state index is 11.7. The van der Waals surface area contributed by atoms with Crippen LogP contribution in [0.3, 0.4) is 0 Å². The third-order valence-corrected chi connectivity index (χ3v) is 4.68. The van der Waals surface area contributed by atoms with Crippen molar-refractivity contribution in [1.82, 2.24) is 0 Å². The first-order valence-corrected chi connectivity index (χ1v) is 8.03. The number of rotatable bonds is 3. The fourth-order valence-corrected chi connectivity index (χ4v) is 3.59. The molecule has 110 valence electrons. The van der Waals surface area contributed by atoms with Crippen molar-refractivity contribution in [2.45, 2.75) is 56.5 Å². The Labute approximate surface area is 128 Å². The van der Waals surface area contributed by atoms with Gasteiger partial charge < -0.3 is 10.2 Å². The smallest absolute Gasteiger partial charge is 0.313 e. The molecule has 1 aromatic carbocycles. The molecule has 4 heteroatoms. The van der Waals surface area contributed by atoms with Gasteiger partial charge in [-0.1, -0.05) is 60.2 Å². The molecule has 2 rings (SSSR count). The highest BCUT2D eigenvalue weighted by atomic mass is 79.9. The van der Waals surface area contributed by atoms with Crippen molar-refractivity contribution in [3.8, 4) is 0 Å². The summed E-state index contributed by atoms with van der Waals surface area (Å²) in [5.41, 5.74) is -0.456. The average Bonchev–Trinajstić information content (AvgIpc) is 2.34. The largest absolute Gasteiger partial charge is 0.481 e. The minimum absolute atomic E-state index is 0.566. The molecule has 2 N–H and O–H groups in total. The zero-order valence-corrected chi connectivity index (χ0v) is 13.1. The van der Waals surface area contributed by atoms with Crippen LogP contribution in [0, 0.1) is 0 Å². The van der Waals surface area contributed by atoms with Gasteiger partial charge in [0.15, 0.2) is 0 Å². The SMILES string of the molecule is O=C(O)C(c1cccc(Br)c1)C1(O)CCCCCCC1. The minimum Gasteiger partial charge on any atom is -0.481 e. The highest BCUT2D eigenvalue weighted by molar-refractivity contribution is 9.10. The van der Waals surface area contributed by atoms with E-state index >= 15 is 0 Å². The molecule has 0 spiro atoms. The van der Waals surface area contributed by atoms with Gasteiger partial charge in [-0.05, 0) is 30.5 Å². The van der Waals surface area contributed by atoms with Gasteiger partial charge in [0.25, 0.3) is 0 Å². The van der Waals surface area contributed by atoms with Crippen LogP contribution in [0.1, 0.15) is 56.4 Å². The molecule has 3 nitrogen and oxygen atoms in total. The topological polar surface area (TPSA) is 57.5 Å². The Kier molecular flexibility index (Phi) is 5.22. The second-order valence-electron chi connectivity index (χ2n) is 5.70. The summed E-state index contributed by atoms with van der Waals surface area (Å²) in [5, 5.41) is 20.6. The first kappa shape index (κ1) is 15.5. The van der Waals surface area contributed by atoms with Crippen molar-refractivity contribution in [3.05, 3.63) is 34.3 Å².